The van der Waals surface area contributed by atoms with Crippen LogP contribution in [0.2, 0.25) is 0 Å². The van der Waals surface area contributed by atoms with Crippen LogP contribution >= 0.6 is 0 Å². The maximum Gasteiger partial charge on any atom is 0.305 e. The summed E-state index contributed by atoms with van der Waals surface area (Å²) in [7, 11) is 0. The molecule has 23 heavy (non-hydrogen) atoms. The molecule has 0 aliphatic carbocycles. The number of hydrogen-bond donors (Lipinski definition) is 0. The van der Waals surface area contributed by atoms with Gasteiger partial charge in [0.1, 0.15) is 5.82 Å². The molecule has 0 amide bonds. The zero-order valence-corrected chi connectivity index (χ0v) is 13.7. The Morgan fingerprint density at radius 2 is 1.52 bits per heavy atom. The van der Waals surface area contributed by atoms with E-state index in [1.54, 1.807) is 12.1 Å². The molecule has 0 N–H and O–H groups in total. The number of hydrogen-bond acceptors (Lipinski definition) is 4. The van der Waals surface area contributed by atoms with E-state index in [2.05, 4.69) is 6.92 Å². The summed E-state index contributed by atoms with van der Waals surface area (Å²) in [6, 6.07) is 6.09. The maximum atomic E-state index is 12.7. The van der Waals surface area contributed by atoms with E-state index in [1.807, 2.05) is 0 Å². The summed E-state index contributed by atoms with van der Waals surface area (Å²) in [6.45, 7) is 2.80. The van der Waals surface area contributed by atoms with Crippen LogP contribution in [0.5, 0.6) is 0 Å². The number of benzene rings is 1. The van der Waals surface area contributed by atoms with Gasteiger partial charge in [-0.25, -0.2) is 4.39 Å². The zero-order valence-electron chi connectivity index (χ0n) is 13.7. The van der Waals surface area contributed by atoms with E-state index in [9.17, 15) is 14.0 Å². The van der Waals surface area contributed by atoms with Gasteiger partial charge in [0.25, 0.3) is 0 Å². The Kier molecular flexibility index (Phi) is 9.68. The quantitative estimate of drug-likeness (QED) is 0.459. The minimum absolute atomic E-state index is 0.202. The second-order valence-corrected chi connectivity index (χ2v) is 5.38. The molecule has 0 aliphatic heterocycles. The molecule has 1 aromatic rings. The second kappa shape index (κ2) is 11.6. The van der Waals surface area contributed by atoms with Crippen molar-refractivity contribution >= 4 is 11.9 Å². The molecule has 0 spiro atoms. The summed E-state index contributed by atoms with van der Waals surface area (Å²) in [5.74, 6) is -0.876. The van der Waals surface area contributed by atoms with Crippen molar-refractivity contribution in [2.75, 3.05) is 13.2 Å². The molecule has 0 atom stereocenters. The second-order valence-electron chi connectivity index (χ2n) is 5.38. The van der Waals surface area contributed by atoms with Gasteiger partial charge in [-0.05, 0) is 30.5 Å². The van der Waals surface area contributed by atoms with Crippen molar-refractivity contribution in [1.29, 1.82) is 0 Å². The van der Waals surface area contributed by atoms with E-state index in [-0.39, 0.29) is 37.2 Å². The molecule has 0 bridgehead atoms. The van der Waals surface area contributed by atoms with Gasteiger partial charge in [-0.15, -0.1) is 0 Å². The van der Waals surface area contributed by atoms with E-state index in [0.717, 1.165) is 24.8 Å². The number of carbonyl (C=O) groups is 2. The van der Waals surface area contributed by atoms with Crippen molar-refractivity contribution in [2.24, 2.45) is 0 Å². The molecule has 0 aromatic heterocycles. The largest absolute Gasteiger partial charge is 0.466 e. The Morgan fingerprint density at radius 1 is 0.913 bits per heavy atom. The number of halogens is 1. The first-order chi connectivity index (χ1) is 11.1. The molecule has 0 heterocycles. The first-order valence-corrected chi connectivity index (χ1v) is 8.17. The van der Waals surface area contributed by atoms with Gasteiger partial charge in [0.05, 0.1) is 13.2 Å². The molecule has 0 saturated carbocycles. The third kappa shape index (κ3) is 9.66. The van der Waals surface area contributed by atoms with Gasteiger partial charge < -0.3 is 9.47 Å². The number of unbranched alkanes of at least 4 members (excludes halogenated alkanes) is 2. The van der Waals surface area contributed by atoms with Crippen LogP contribution in [0, 0.1) is 5.82 Å². The predicted octanol–water partition coefficient (Wildman–Crippen LogP) is 3.82. The van der Waals surface area contributed by atoms with E-state index in [0.29, 0.717) is 19.4 Å². The van der Waals surface area contributed by atoms with Gasteiger partial charge in [0.2, 0.25) is 0 Å². The summed E-state index contributed by atoms with van der Waals surface area (Å²) >= 11 is 0. The lowest BCUT2D eigenvalue weighted by Gasteiger charge is -2.06. The minimum Gasteiger partial charge on any atom is -0.466 e. The van der Waals surface area contributed by atoms with Crippen LogP contribution in [0.15, 0.2) is 24.3 Å². The van der Waals surface area contributed by atoms with Crippen LogP contribution in [0.1, 0.15) is 51.0 Å². The Balaban J connectivity index is 2.03. The predicted molar refractivity (Wildman–Crippen MR) is 85.4 cm³/mol. The van der Waals surface area contributed by atoms with Crippen LogP contribution in [0.3, 0.4) is 0 Å². The molecule has 0 saturated heterocycles. The average molecular weight is 324 g/mol. The van der Waals surface area contributed by atoms with Crippen molar-refractivity contribution < 1.29 is 23.5 Å². The third-order valence-corrected chi connectivity index (χ3v) is 3.34. The molecule has 5 heteroatoms. The molecule has 0 unspecified atom stereocenters. The summed E-state index contributed by atoms with van der Waals surface area (Å²) in [5.41, 5.74) is 0.912. The lowest BCUT2D eigenvalue weighted by molar-refractivity contribution is -0.145. The minimum atomic E-state index is -0.328. The topological polar surface area (TPSA) is 52.6 Å². The first kappa shape index (κ1) is 19.1. The van der Waals surface area contributed by atoms with E-state index in [4.69, 9.17) is 9.47 Å². The van der Waals surface area contributed by atoms with E-state index >= 15 is 0 Å². The van der Waals surface area contributed by atoms with Gasteiger partial charge in [0.15, 0.2) is 0 Å². The van der Waals surface area contributed by atoms with Crippen molar-refractivity contribution in [3.05, 3.63) is 35.6 Å². The van der Waals surface area contributed by atoms with Gasteiger partial charge in [-0.1, -0.05) is 31.9 Å². The van der Waals surface area contributed by atoms with Gasteiger partial charge in [-0.3, -0.25) is 9.59 Å². The van der Waals surface area contributed by atoms with Crippen LogP contribution in [0.25, 0.3) is 0 Å². The lowest BCUT2D eigenvalue weighted by atomic mass is 10.2. The van der Waals surface area contributed by atoms with Gasteiger partial charge in [-0.2, -0.15) is 0 Å². The Labute approximate surface area is 137 Å². The summed E-state index contributed by atoms with van der Waals surface area (Å²) in [5, 5.41) is 0. The molecule has 1 aromatic carbocycles. The highest BCUT2D eigenvalue weighted by molar-refractivity contribution is 5.72. The first-order valence-electron chi connectivity index (χ1n) is 8.17. The van der Waals surface area contributed by atoms with Crippen LogP contribution < -0.4 is 0 Å². The number of carbonyl (C=O) groups excluding carboxylic acids is 2. The monoisotopic (exact) mass is 324 g/mol. The van der Waals surface area contributed by atoms with Gasteiger partial charge in [0, 0.05) is 19.3 Å². The van der Waals surface area contributed by atoms with Crippen molar-refractivity contribution in [3.63, 3.8) is 0 Å². The zero-order chi connectivity index (χ0) is 16.9. The number of ether oxygens (including phenoxy) is 2. The Bertz CT molecular complexity index is 470. The third-order valence-electron chi connectivity index (χ3n) is 3.34. The molecule has 1 rings (SSSR count). The highest BCUT2D eigenvalue weighted by Crippen LogP contribution is 2.05. The van der Waals surface area contributed by atoms with E-state index in [1.165, 1.54) is 12.1 Å². The normalized spacial score (nSPS) is 10.3. The SMILES string of the molecule is CCCCCOC(=O)CCCC(=O)OCCc1ccc(F)cc1. The number of rotatable bonds is 11. The Morgan fingerprint density at radius 3 is 2.13 bits per heavy atom. The molecule has 0 aliphatic rings. The Hall–Kier alpha value is -1.91. The van der Waals surface area contributed by atoms with Crippen molar-refractivity contribution in [2.45, 2.75) is 51.9 Å². The molecular weight excluding hydrogens is 299 g/mol. The summed E-state index contributed by atoms with van der Waals surface area (Å²) < 4.78 is 22.9. The summed E-state index contributed by atoms with van der Waals surface area (Å²) in [4.78, 5) is 22.9. The van der Waals surface area contributed by atoms with Crippen LogP contribution in [-0.2, 0) is 25.5 Å². The standard InChI is InChI=1S/C18H25FO4/c1-2-3-4-13-22-17(20)6-5-7-18(21)23-14-12-15-8-10-16(19)11-9-15/h8-11H,2-7,12-14H2,1H3. The molecule has 4 nitrogen and oxygen atoms in total. The van der Waals surface area contributed by atoms with Crippen molar-refractivity contribution in [3.8, 4) is 0 Å². The van der Waals surface area contributed by atoms with Gasteiger partial charge >= 0.3 is 11.9 Å². The fourth-order valence-corrected chi connectivity index (χ4v) is 1.99. The fraction of sp³-hybridized carbons (Fsp3) is 0.556. The number of esters is 2. The van der Waals surface area contributed by atoms with Crippen LogP contribution in [-0.4, -0.2) is 25.2 Å². The molecule has 0 radical (unpaired) electrons. The molecule has 0 fully saturated rings. The fourth-order valence-electron chi connectivity index (χ4n) is 1.99. The smallest absolute Gasteiger partial charge is 0.305 e. The lowest BCUT2D eigenvalue weighted by Crippen LogP contribution is -2.10. The van der Waals surface area contributed by atoms with Crippen LogP contribution in [0.4, 0.5) is 4.39 Å². The van der Waals surface area contributed by atoms with Crippen molar-refractivity contribution in [1.82, 2.24) is 0 Å². The maximum absolute atomic E-state index is 12.7. The highest BCUT2D eigenvalue weighted by Gasteiger charge is 2.07. The summed E-state index contributed by atoms with van der Waals surface area (Å²) in [6.07, 6.45) is 4.43. The molecular formula is C18H25FO4. The highest BCUT2D eigenvalue weighted by atomic mass is 19.1. The molecule has 128 valence electrons. The average Bonchev–Trinajstić information content (AvgIpc) is 2.53. The van der Waals surface area contributed by atoms with E-state index < -0.39 is 0 Å².